The summed E-state index contributed by atoms with van der Waals surface area (Å²) in [6.45, 7) is 5.68. The van der Waals surface area contributed by atoms with Crippen molar-refractivity contribution in [2.24, 2.45) is 17.6 Å². The topological polar surface area (TPSA) is 87.9 Å². The maximum Gasteiger partial charge on any atom is 0.325 e. The Kier molecular flexibility index (Phi) is 8.65. The van der Waals surface area contributed by atoms with E-state index in [0.717, 1.165) is 16.3 Å². The van der Waals surface area contributed by atoms with E-state index in [1.807, 2.05) is 18.2 Å². The van der Waals surface area contributed by atoms with Crippen LogP contribution in [0.15, 0.2) is 42.5 Å². The number of halogens is 1. The van der Waals surface area contributed by atoms with E-state index in [-0.39, 0.29) is 36.8 Å². The normalized spacial score (nSPS) is 24.9. The SMILES string of the molecule is CC(C)C(=O)O[C@@H]1[C@@H](Cc2cccc3ccccc23)COC[C@H](N)C(=O)O[C@H]1C.Cl. The average molecular weight is 436 g/mol. The smallest absolute Gasteiger partial charge is 0.325 e. The van der Waals surface area contributed by atoms with Crippen molar-refractivity contribution in [3.8, 4) is 0 Å². The molecule has 0 amide bonds. The van der Waals surface area contributed by atoms with Gasteiger partial charge in [0, 0.05) is 5.92 Å². The molecule has 30 heavy (non-hydrogen) atoms. The van der Waals surface area contributed by atoms with Crippen molar-refractivity contribution in [1.29, 1.82) is 0 Å². The number of ether oxygens (including phenoxy) is 3. The summed E-state index contributed by atoms with van der Waals surface area (Å²) in [5.41, 5.74) is 6.97. The Morgan fingerprint density at radius 2 is 1.87 bits per heavy atom. The Hall–Kier alpha value is -2.15. The van der Waals surface area contributed by atoms with Crippen LogP contribution in [0.1, 0.15) is 26.3 Å². The number of hydrogen-bond donors (Lipinski definition) is 1. The first-order valence-electron chi connectivity index (χ1n) is 10.1. The largest absolute Gasteiger partial charge is 0.458 e. The highest BCUT2D eigenvalue weighted by molar-refractivity contribution is 5.86. The fourth-order valence-corrected chi connectivity index (χ4v) is 3.62. The van der Waals surface area contributed by atoms with E-state index < -0.39 is 24.2 Å². The zero-order chi connectivity index (χ0) is 21.0. The van der Waals surface area contributed by atoms with E-state index in [2.05, 4.69) is 24.3 Å². The Morgan fingerprint density at radius 3 is 2.60 bits per heavy atom. The van der Waals surface area contributed by atoms with Gasteiger partial charge < -0.3 is 19.9 Å². The second kappa shape index (κ2) is 10.8. The highest BCUT2D eigenvalue weighted by atomic mass is 35.5. The molecule has 0 bridgehead atoms. The Balaban J connectivity index is 0.00000320. The lowest BCUT2D eigenvalue weighted by molar-refractivity contribution is -0.173. The monoisotopic (exact) mass is 435 g/mol. The van der Waals surface area contributed by atoms with Crippen LogP contribution >= 0.6 is 12.4 Å². The van der Waals surface area contributed by atoms with Crippen LogP contribution in [-0.4, -0.2) is 43.4 Å². The molecule has 3 rings (SSSR count). The van der Waals surface area contributed by atoms with Gasteiger partial charge in [-0.05, 0) is 29.7 Å². The fourth-order valence-electron chi connectivity index (χ4n) is 3.62. The zero-order valence-corrected chi connectivity index (χ0v) is 18.4. The predicted molar refractivity (Wildman–Crippen MR) is 117 cm³/mol. The molecule has 0 radical (unpaired) electrons. The molecule has 2 aromatic carbocycles. The summed E-state index contributed by atoms with van der Waals surface area (Å²) < 4.78 is 17.0. The van der Waals surface area contributed by atoms with E-state index in [1.165, 1.54) is 0 Å². The molecule has 4 atom stereocenters. The van der Waals surface area contributed by atoms with Gasteiger partial charge in [0.2, 0.25) is 0 Å². The van der Waals surface area contributed by atoms with Gasteiger partial charge in [-0.25, -0.2) is 0 Å². The number of benzene rings is 2. The summed E-state index contributed by atoms with van der Waals surface area (Å²) in [6, 6.07) is 13.5. The minimum absolute atomic E-state index is 0. The van der Waals surface area contributed by atoms with Crippen LogP contribution in [-0.2, 0) is 30.2 Å². The van der Waals surface area contributed by atoms with E-state index >= 15 is 0 Å². The summed E-state index contributed by atoms with van der Waals surface area (Å²) in [7, 11) is 0. The first-order valence-corrected chi connectivity index (χ1v) is 10.1. The molecule has 1 heterocycles. The van der Waals surface area contributed by atoms with Crippen molar-refractivity contribution in [2.75, 3.05) is 13.2 Å². The molecular weight excluding hydrogens is 406 g/mol. The fraction of sp³-hybridized carbons (Fsp3) is 0.478. The molecule has 1 saturated heterocycles. The summed E-state index contributed by atoms with van der Waals surface area (Å²) in [5, 5.41) is 2.29. The number of esters is 2. The summed E-state index contributed by atoms with van der Waals surface area (Å²) in [4.78, 5) is 24.5. The highest BCUT2D eigenvalue weighted by Gasteiger charge is 2.36. The van der Waals surface area contributed by atoms with Gasteiger partial charge >= 0.3 is 11.9 Å². The number of hydrogen-bond acceptors (Lipinski definition) is 6. The second-order valence-electron chi connectivity index (χ2n) is 7.94. The molecular formula is C23H30ClNO5. The Bertz CT molecular complexity index is 866. The quantitative estimate of drug-likeness (QED) is 0.741. The van der Waals surface area contributed by atoms with Crippen LogP contribution in [0.3, 0.4) is 0 Å². The van der Waals surface area contributed by atoms with Crippen molar-refractivity contribution in [3.05, 3.63) is 48.0 Å². The molecule has 0 unspecified atom stereocenters. The van der Waals surface area contributed by atoms with Gasteiger partial charge in [0.15, 0.2) is 0 Å². The van der Waals surface area contributed by atoms with Gasteiger partial charge in [0.25, 0.3) is 0 Å². The summed E-state index contributed by atoms with van der Waals surface area (Å²) in [5.74, 6) is -1.35. The molecule has 0 aliphatic carbocycles. The van der Waals surface area contributed by atoms with E-state index in [9.17, 15) is 9.59 Å². The third kappa shape index (κ3) is 5.72. The van der Waals surface area contributed by atoms with Crippen LogP contribution in [0, 0.1) is 11.8 Å². The van der Waals surface area contributed by atoms with Gasteiger partial charge in [0.1, 0.15) is 18.2 Å². The lowest BCUT2D eigenvalue weighted by Crippen LogP contribution is -2.43. The number of fused-ring (bicyclic) bond motifs is 1. The van der Waals surface area contributed by atoms with Crippen molar-refractivity contribution < 1.29 is 23.8 Å². The zero-order valence-electron chi connectivity index (χ0n) is 17.6. The minimum Gasteiger partial charge on any atom is -0.458 e. The van der Waals surface area contributed by atoms with Crippen LogP contribution in [0.2, 0.25) is 0 Å². The van der Waals surface area contributed by atoms with Crippen molar-refractivity contribution in [3.63, 3.8) is 0 Å². The van der Waals surface area contributed by atoms with Gasteiger partial charge in [-0.1, -0.05) is 56.3 Å². The van der Waals surface area contributed by atoms with E-state index in [0.29, 0.717) is 13.0 Å². The van der Waals surface area contributed by atoms with Crippen LogP contribution in [0.5, 0.6) is 0 Å². The Morgan fingerprint density at radius 1 is 1.17 bits per heavy atom. The lowest BCUT2D eigenvalue weighted by Gasteiger charge is -2.31. The predicted octanol–water partition coefficient (Wildman–Crippen LogP) is 3.28. The molecule has 2 aromatic rings. The molecule has 7 heteroatoms. The third-order valence-electron chi connectivity index (χ3n) is 5.25. The second-order valence-corrected chi connectivity index (χ2v) is 7.94. The molecule has 0 saturated carbocycles. The number of nitrogens with two attached hydrogens (primary N) is 1. The summed E-state index contributed by atoms with van der Waals surface area (Å²) >= 11 is 0. The molecule has 1 aliphatic heterocycles. The van der Waals surface area contributed by atoms with Gasteiger partial charge in [-0.3, -0.25) is 9.59 Å². The van der Waals surface area contributed by atoms with Crippen LogP contribution in [0.4, 0.5) is 0 Å². The molecule has 1 fully saturated rings. The van der Waals surface area contributed by atoms with Gasteiger partial charge in [0.05, 0.1) is 19.1 Å². The van der Waals surface area contributed by atoms with Crippen LogP contribution < -0.4 is 5.73 Å². The number of rotatable bonds is 4. The van der Waals surface area contributed by atoms with Crippen molar-refractivity contribution >= 4 is 35.1 Å². The summed E-state index contributed by atoms with van der Waals surface area (Å²) in [6.07, 6.45) is -0.634. The third-order valence-corrected chi connectivity index (χ3v) is 5.25. The first-order chi connectivity index (χ1) is 13.9. The number of carbonyl (C=O) groups is 2. The number of carbonyl (C=O) groups excluding carboxylic acids is 2. The van der Waals surface area contributed by atoms with Gasteiger partial charge in [-0.2, -0.15) is 0 Å². The minimum atomic E-state index is -0.852. The van der Waals surface area contributed by atoms with Crippen molar-refractivity contribution in [2.45, 2.75) is 45.4 Å². The lowest BCUT2D eigenvalue weighted by atomic mass is 9.89. The molecule has 0 aromatic heterocycles. The molecule has 164 valence electrons. The molecule has 2 N–H and O–H groups in total. The number of cyclic esters (lactones) is 1. The highest BCUT2D eigenvalue weighted by Crippen LogP contribution is 2.27. The Labute approximate surface area is 183 Å². The maximum atomic E-state index is 12.4. The standard InChI is InChI=1S/C23H29NO5.ClH/c1-14(2)22(25)29-21-15(3)28-23(26)20(24)13-27-12-18(21)11-17-9-6-8-16-7-4-5-10-19(16)17;/h4-10,14-15,18,20-21H,11-13,24H2,1-3H3;1H/t15-,18-,20-,21-;/m0./s1. The van der Waals surface area contributed by atoms with Crippen molar-refractivity contribution in [1.82, 2.24) is 0 Å². The first kappa shape index (κ1) is 24.1. The molecule has 0 spiro atoms. The van der Waals surface area contributed by atoms with Gasteiger partial charge in [-0.15, -0.1) is 12.4 Å². The molecule has 1 aliphatic rings. The maximum absolute atomic E-state index is 12.4. The molecule has 6 nitrogen and oxygen atoms in total. The van der Waals surface area contributed by atoms with E-state index in [1.54, 1.807) is 20.8 Å². The van der Waals surface area contributed by atoms with Crippen LogP contribution in [0.25, 0.3) is 10.8 Å². The average Bonchev–Trinajstić information content (AvgIpc) is 2.74. The van der Waals surface area contributed by atoms with E-state index in [4.69, 9.17) is 19.9 Å².